The van der Waals surface area contributed by atoms with Gasteiger partial charge >= 0.3 is 0 Å². The molecule has 1 fully saturated rings. The first kappa shape index (κ1) is 17.6. The highest BCUT2D eigenvalue weighted by Crippen LogP contribution is 2.32. The highest BCUT2D eigenvalue weighted by molar-refractivity contribution is 7.19. The van der Waals surface area contributed by atoms with Gasteiger partial charge in [-0.3, -0.25) is 9.59 Å². The second-order valence-corrected chi connectivity index (χ2v) is 7.44. The minimum Gasteiger partial charge on any atom is -0.378 e. The molecule has 5 heteroatoms. The second kappa shape index (κ2) is 7.86. The Labute approximate surface area is 161 Å². The third kappa shape index (κ3) is 3.84. The van der Waals surface area contributed by atoms with Crippen LogP contribution in [0.4, 0.5) is 5.00 Å². The molecule has 0 aliphatic carbocycles. The molecule has 0 unspecified atom stereocenters. The monoisotopic (exact) mass is 377 g/mol. The first-order valence-corrected chi connectivity index (χ1v) is 9.69. The van der Waals surface area contributed by atoms with Crippen LogP contribution in [0.15, 0.2) is 65.5 Å². The maximum Gasteiger partial charge on any atom is 0.182 e. The number of ether oxygens (including phenoxy) is 1. The van der Waals surface area contributed by atoms with E-state index in [0.717, 1.165) is 45.9 Å². The molecule has 1 aliphatic rings. The minimum absolute atomic E-state index is 0.0145. The molecule has 4 nitrogen and oxygen atoms in total. The number of anilines is 1. The number of carbonyl (C=O) groups is 1. The Morgan fingerprint density at radius 1 is 0.926 bits per heavy atom. The molecule has 136 valence electrons. The van der Waals surface area contributed by atoms with Gasteiger partial charge in [-0.1, -0.05) is 48.5 Å². The lowest BCUT2D eigenvalue weighted by molar-refractivity contribution is 0.112. The first-order valence-electron chi connectivity index (χ1n) is 8.87. The molecule has 0 saturated carbocycles. The summed E-state index contributed by atoms with van der Waals surface area (Å²) < 4.78 is 5.40. The maximum atomic E-state index is 12.2. The summed E-state index contributed by atoms with van der Waals surface area (Å²) in [5, 5.41) is 0.983. The third-order valence-corrected chi connectivity index (χ3v) is 5.80. The Bertz CT molecular complexity index is 1000. The average molecular weight is 377 g/mol. The van der Waals surface area contributed by atoms with E-state index in [-0.39, 0.29) is 5.43 Å². The van der Waals surface area contributed by atoms with E-state index in [1.54, 1.807) is 23.5 Å². The lowest BCUT2D eigenvalue weighted by atomic mass is 9.99. The summed E-state index contributed by atoms with van der Waals surface area (Å²) in [6.45, 7) is 2.99. The van der Waals surface area contributed by atoms with Crippen molar-refractivity contribution >= 4 is 22.6 Å². The molecule has 4 rings (SSSR count). The fraction of sp³-hybridized carbons (Fsp3) is 0.182. The van der Waals surface area contributed by atoms with Gasteiger partial charge in [0.1, 0.15) is 0 Å². The topological polar surface area (TPSA) is 46.6 Å². The molecule has 1 aromatic heterocycles. The normalized spacial score (nSPS) is 14.1. The van der Waals surface area contributed by atoms with Crippen molar-refractivity contribution in [1.29, 1.82) is 0 Å². The number of benzene rings is 2. The van der Waals surface area contributed by atoms with Gasteiger partial charge in [-0.2, -0.15) is 0 Å². The van der Waals surface area contributed by atoms with Gasteiger partial charge in [0.2, 0.25) is 0 Å². The molecule has 0 radical (unpaired) electrons. The summed E-state index contributed by atoms with van der Waals surface area (Å²) in [6, 6.07) is 18.9. The number of hydrogen-bond acceptors (Lipinski definition) is 5. The summed E-state index contributed by atoms with van der Waals surface area (Å²) in [5.41, 5.74) is 3.58. The van der Waals surface area contributed by atoms with E-state index in [9.17, 15) is 9.59 Å². The summed E-state index contributed by atoms with van der Waals surface area (Å²) in [6.07, 6.45) is 0.876. The van der Waals surface area contributed by atoms with Crippen molar-refractivity contribution in [3.63, 3.8) is 0 Å². The molecular weight excluding hydrogens is 358 g/mol. The molecule has 0 atom stereocenters. The molecule has 0 amide bonds. The van der Waals surface area contributed by atoms with E-state index < -0.39 is 0 Å². The van der Waals surface area contributed by atoms with Gasteiger partial charge in [0.15, 0.2) is 11.7 Å². The van der Waals surface area contributed by atoms with Gasteiger partial charge < -0.3 is 9.64 Å². The molecule has 0 spiro atoms. The van der Waals surface area contributed by atoms with Crippen LogP contribution in [-0.4, -0.2) is 32.6 Å². The predicted molar refractivity (Wildman–Crippen MR) is 110 cm³/mol. The van der Waals surface area contributed by atoms with Crippen LogP contribution >= 0.6 is 11.3 Å². The Kier molecular flexibility index (Phi) is 5.14. The maximum absolute atomic E-state index is 12.2. The van der Waals surface area contributed by atoms with Crippen molar-refractivity contribution < 1.29 is 9.53 Å². The zero-order valence-electron chi connectivity index (χ0n) is 14.8. The van der Waals surface area contributed by atoms with Gasteiger partial charge in [0.25, 0.3) is 0 Å². The number of hydrogen-bond donors (Lipinski definition) is 0. The average Bonchev–Trinajstić information content (AvgIpc) is 2.74. The van der Waals surface area contributed by atoms with Gasteiger partial charge in [0.05, 0.1) is 18.2 Å². The van der Waals surface area contributed by atoms with E-state index in [1.807, 2.05) is 48.5 Å². The summed E-state index contributed by atoms with van der Waals surface area (Å²) >= 11 is 1.62. The van der Waals surface area contributed by atoms with E-state index in [1.165, 1.54) is 0 Å². The standard InChI is InChI=1S/C22H19NO3S/c24-15-18-3-1-2-4-20(18)16-5-7-17(8-6-16)21-13-19(25)14-22(27-21)23-9-11-26-12-10-23/h1-8,13-15H,9-12H2. The van der Waals surface area contributed by atoms with Crippen LogP contribution in [0.25, 0.3) is 21.6 Å². The van der Waals surface area contributed by atoms with Crippen LogP contribution in [0.3, 0.4) is 0 Å². The van der Waals surface area contributed by atoms with E-state index in [4.69, 9.17) is 4.74 Å². The van der Waals surface area contributed by atoms with Crippen LogP contribution in [0, 0.1) is 0 Å². The van der Waals surface area contributed by atoms with Gasteiger partial charge in [-0.25, -0.2) is 0 Å². The largest absolute Gasteiger partial charge is 0.378 e. The molecule has 3 aromatic rings. The van der Waals surface area contributed by atoms with Crippen LogP contribution in [-0.2, 0) is 4.74 Å². The van der Waals surface area contributed by atoms with Crippen molar-refractivity contribution in [3.05, 3.63) is 76.5 Å². The van der Waals surface area contributed by atoms with Crippen LogP contribution < -0.4 is 10.3 Å². The number of rotatable bonds is 4. The third-order valence-electron chi connectivity index (χ3n) is 4.64. The SMILES string of the molecule is O=Cc1ccccc1-c1ccc(-c2cc(=O)cc(N3CCOCC3)s2)cc1. The Morgan fingerprint density at radius 2 is 1.63 bits per heavy atom. The summed E-state index contributed by atoms with van der Waals surface area (Å²) in [4.78, 5) is 26.6. The number of aldehydes is 1. The molecule has 2 aromatic carbocycles. The Morgan fingerprint density at radius 3 is 2.37 bits per heavy atom. The molecule has 0 bridgehead atoms. The van der Waals surface area contributed by atoms with Crippen molar-refractivity contribution in [3.8, 4) is 21.6 Å². The van der Waals surface area contributed by atoms with E-state index >= 15 is 0 Å². The van der Waals surface area contributed by atoms with Gasteiger partial charge in [-0.15, -0.1) is 11.3 Å². The van der Waals surface area contributed by atoms with Crippen molar-refractivity contribution in [2.75, 3.05) is 31.2 Å². The van der Waals surface area contributed by atoms with E-state index in [2.05, 4.69) is 4.90 Å². The predicted octanol–water partition coefficient (Wildman–Crippen LogP) is 4.09. The zero-order chi connectivity index (χ0) is 18.6. The smallest absolute Gasteiger partial charge is 0.182 e. The fourth-order valence-electron chi connectivity index (χ4n) is 3.22. The summed E-state index contributed by atoms with van der Waals surface area (Å²) in [5.74, 6) is 0. The Hall–Kier alpha value is -2.76. The van der Waals surface area contributed by atoms with E-state index in [0.29, 0.717) is 18.8 Å². The molecule has 2 heterocycles. The Balaban J connectivity index is 1.67. The highest BCUT2D eigenvalue weighted by atomic mass is 32.1. The zero-order valence-corrected chi connectivity index (χ0v) is 15.6. The van der Waals surface area contributed by atoms with Crippen molar-refractivity contribution in [1.82, 2.24) is 0 Å². The number of nitrogens with zero attached hydrogens (tertiary/aromatic N) is 1. The van der Waals surface area contributed by atoms with Gasteiger partial charge in [-0.05, 0) is 16.7 Å². The molecular formula is C22H19NO3S. The molecule has 0 N–H and O–H groups in total. The fourth-order valence-corrected chi connectivity index (χ4v) is 4.36. The minimum atomic E-state index is 0.0145. The van der Waals surface area contributed by atoms with Crippen LogP contribution in [0.1, 0.15) is 10.4 Å². The van der Waals surface area contributed by atoms with Crippen LogP contribution in [0.5, 0.6) is 0 Å². The van der Waals surface area contributed by atoms with Crippen molar-refractivity contribution in [2.45, 2.75) is 0 Å². The lowest BCUT2D eigenvalue weighted by Crippen LogP contribution is -2.36. The first-order chi connectivity index (χ1) is 13.2. The highest BCUT2D eigenvalue weighted by Gasteiger charge is 2.14. The molecule has 1 aliphatic heterocycles. The second-order valence-electron chi connectivity index (χ2n) is 6.38. The molecule has 1 saturated heterocycles. The summed E-state index contributed by atoms with van der Waals surface area (Å²) in [7, 11) is 0. The number of carbonyl (C=O) groups excluding carboxylic acids is 1. The quantitative estimate of drug-likeness (QED) is 0.643. The lowest BCUT2D eigenvalue weighted by Gasteiger charge is -2.28. The number of morpholine rings is 1. The van der Waals surface area contributed by atoms with Gasteiger partial charge in [0, 0.05) is 35.7 Å². The van der Waals surface area contributed by atoms with Crippen LogP contribution in [0.2, 0.25) is 0 Å². The molecule has 27 heavy (non-hydrogen) atoms. The van der Waals surface area contributed by atoms with Crippen molar-refractivity contribution in [2.24, 2.45) is 0 Å².